The van der Waals surface area contributed by atoms with Gasteiger partial charge in [-0.3, -0.25) is 0 Å². The molecule has 0 spiro atoms. The van der Waals surface area contributed by atoms with Gasteiger partial charge in [0.25, 0.3) is 0 Å². The lowest BCUT2D eigenvalue weighted by molar-refractivity contribution is 0.306. The Bertz CT molecular complexity index is 946. The monoisotopic (exact) mass is 422 g/mol. The lowest BCUT2D eigenvalue weighted by Crippen LogP contribution is -1.97. The van der Waals surface area contributed by atoms with E-state index in [1.54, 1.807) is 12.1 Å². The number of hydrogen-bond acceptors (Lipinski definition) is 1. The number of halogens is 2. The van der Waals surface area contributed by atoms with E-state index in [1.165, 1.54) is 12.8 Å². The van der Waals surface area contributed by atoms with Crippen LogP contribution in [0.4, 0.5) is 8.78 Å². The molecule has 0 saturated carbocycles. The Hall–Kier alpha value is -2.68. The summed E-state index contributed by atoms with van der Waals surface area (Å²) in [5, 5.41) is 0. The van der Waals surface area contributed by atoms with E-state index in [4.69, 9.17) is 4.74 Å². The van der Waals surface area contributed by atoms with Gasteiger partial charge in [0.1, 0.15) is 5.75 Å². The molecule has 0 aliphatic heterocycles. The molecule has 0 aromatic heterocycles. The zero-order chi connectivity index (χ0) is 22.1. The first-order valence-electron chi connectivity index (χ1n) is 11.4. The molecule has 0 heterocycles. The SMILES string of the molecule is CCCCCOc1ccc(-c2ccc(-c3ccc(CCCCC)c(F)c3F)cc2)cc1. The number of hydrogen-bond donors (Lipinski definition) is 0. The number of ether oxygens (including phenoxy) is 1. The van der Waals surface area contributed by atoms with Crippen molar-refractivity contribution in [2.75, 3.05) is 6.61 Å². The minimum atomic E-state index is -0.758. The van der Waals surface area contributed by atoms with Crippen LogP contribution in [0.15, 0.2) is 60.7 Å². The van der Waals surface area contributed by atoms with E-state index in [-0.39, 0.29) is 0 Å². The van der Waals surface area contributed by atoms with Gasteiger partial charge in [-0.2, -0.15) is 0 Å². The maximum absolute atomic E-state index is 14.7. The third-order valence-electron chi connectivity index (χ3n) is 5.61. The summed E-state index contributed by atoms with van der Waals surface area (Å²) in [6.45, 7) is 5.01. The molecule has 164 valence electrons. The van der Waals surface area contributed by atoms with Gasteiger partial charge in [-0.25, -0.2) is 8.78 Å². The highest BCUT2D eigenvalue weighted by Gasteiger charge is 2.14. The molecular weight excluding hydrogens is 390 g/mol. The molecule has 31 heavy (non-hydrogen) atoms. The fraction of sp³-hybridized carbons (Fsp3) is 0.357. The molecule has 3 heteroatoms. The van der Waals surface area contributed by atoms with Crippen molar-refractivity contribution in [1.29, 1.82) is 0 Å². The lowest BCUT2D eigenvalue weighted by atomic mass is 9.97. The molecule has 1 nitrogen and oxygen atoms in total. The highest BCUT2D eigenvalue weighted by molar-refractivity contribution is 5.71. The number of unbranched alkanes of at least 4 members (excludes halogenated alkanes) is 4. The molecule has 0 aliphatic carbocycles. The topological polar surface area (TPSA) is 9.23 Å². The maximum Gasteiger partial charge on any atom is 0.166 e. The predicted octanol–water partition coefficient (Wildman–Crippen LogP) is 8.60. The van der Waals surface area contributed by atoms with Crippen LogP contribution in [0, 0.1) is 11.6 Å². The Kier molecular flexibility index (Phi) is 8.63. The Morgan fingerprint density at radius 1 is 0.613 bits per heavy atom. The first kappa shape index (κ1) is 23.0. The van der Waals surface area contributed by atoms with E-state index < -0.39 is 11.6 Å². The second-order valence-corrected chi connectivity index (χ2v) is 8.01. The van der Waals surface area contributed by atoms with Gasteiger partial charge in [0.2, 0.25) is 0 Å². The molecule has 3 aromatic carbocycles. The molecule has 0 atom stereocenters. The second-order valence-electron chi connectivity index (χ2n) is 8.01. The van der Waals surface area contributed by atoms with E-state index >= 15 is 0 Å². The number of rotatable bonds is 11. The van der Waals surface area contributed by atoms with Gasteiger partial charge in [-0.1, -0.05) is 88.1 Å². The van der Waals surface area contributed by atoms with Crippen LogP contribution in [0.3, 0.4) is 0 Å². The third kappa shape index (κ3) is 6.16. The van der Waals surface area contributed by atoms with Crippen molar-refractivity contribution in [3.05, 3.63) is 77.9 Å². The summed E-state index contributed by atoms with van der Waals surface area (Å²) < 4.78 is 35.0. The Labute approximate surface area is 185 Å². The summed E-state index contributed by atoms with van der Waals surface area (Å²) in [5.41, 5.74) is 3.53. The van der Waals surface area contributed by atoms with Gasteiger partial charge in [-0.05, 0) is 53.6 Å². The zero-order valence-corrected chi connectivity index (χ0v) is 18.6. The van der Waals surface area contributed by atoms with E-state index in [2.05, 4.69) is 13.8 Å². The molecule has 0 bridgehead atoms. The minimum absolute atomic E-state index is 0.305. The highest BCUT2D eigenvalue weighted by Crippen LogP contribution is 2.30. The number of benzene rings is 3. The molecule has 3 rings (SSSR count). The molecule has 0 aliphatic rings. The van der Waals surface area contributed by atoms with Crippen molar-refractivity contribution in [2.24, 2.45) is 0 Å². The quantitative estimate of drug-likeness (QED) is 0.281. The van der Waals surface area contributed by atoms with Gasteiger partial charge in [0, 0.05) is 5.56 Å². The molecule has 0 radical (unpaired) electrons. The summed E-state index contributed by atoms with van der Waals surface area (Å²) >= 11 is 0. The molecule has 0 unspecified atom stereocenters. The Morgan fingerprint density at radius 2 is 1.19 bits per heavy atom. The smallest absolute Gasteiger partial charge is 0.166 e. The van der Waals surface area contributed by atoms with Crippen LogP contribution in [0.1, 0.15) is 57.9 Å². The third-order valence-corrected chi connectivity index (χ3v) is 5.61. The van der Waals surface area contributed by atoms with E-state index in [0.717, 1.165) is 49.2 Å². The van der Waals surface area contributed by atoms with Crippen LogP contribution in [0.25, 0.3) is 22.3 Å². The first-order chi connectivity index (χ1) is 15.1. The zero-order valence-electron chi connectivity index (χ0n) is 18.6. The molecular formula is C28H32F2O. The molecule has 3 aromatic rings. The Morgan fingerprint density at radius 3 is 1.84 bits per heavy atom. The summed E-state index contributed by atoms with van der Waals surface area (Å²) in [6.07, 6.45) is 6.96. The predicted molar refractivity (Wildman–Crippen MR) is 125 cm³/mol. The second kappa shape index (κ2) is 11.6. The largest absolute Gasteiger partial charge is 0.494 e. The van der Waals surface area contributed by atoms with Gasteiger partial charge in [0.05, 0.1) is 6.61 Å². The van der Waals surface area contributed by atoms with Crippen LogP contribution in [0.5, 0.6) is 5.75 Å². The van der Waals surface area contributed by atoms with E-state index in [9.17, 15) is 8.78 Å². The molecule has 0 N–H and O–H groups in total. The van der Waals surface area contributed by atoms with Gasteiger partial charge in [-0.15, -0.1) is 0 Å². The average Bonchev–Trinajstić information content (AvgIpc) is 2.80. The first-order valence-corrected chi connectivity index (χ1v) is 11.4. The summed E-state index contributed by atoms with van der Waals surface area (Å²) in [4.78, 5) is 0. The van der Waals surface area contributed by atoms with Crippen molar-refractivity contribution in [3.8, 4) is 28.0 Å². The average molecular weight is 423 g/mol. The number of aryl methyl sites for hydroxylation is 1. The van der Waals surface area contributed by atoms with Crippen molar-refractivity contribution >= 4 is 0 Å². The van der Waals surface area contributed by atoms with Crippen molar-refractivity contribution < 1.29 is 13.5 Å². The molecule has 0 saturated heterocycles. The van der Waals surface area contributed by atoms with Crippen molar-refractivity contribution in [3.63, 3.8) is 0 Å². The van der Waals surface area contributed by atoms with E-state index in [0.29, 0.717) is 23.1 Å². The van der Waals surface area contributed by atoms with Gasteiger partial charge >= 0.3 is 0 Å². The van der Waals surface area contributed by atoms with Crippen molar-refractivity contribution in [2.45, 2.75) is 58.8 Å². The maximum atomic E-state index is 14.7. The van der Waals surface area contributed by atoms with Crippen LogP contribution >= 0.6 is 0 Å². The standard InChI is InChI=1S/C28H32F2O/c1-3-5-7-9-24-16-19-26(28(30)27(24)29)23-12-10-21(11-13-23)22-14-17-25(18-15-22)31-20-8-6-4-2/h10-19H,3-9,20H2,1-2H3. The summed E-state index contributed by atoms with van der Waals surface area (Å²) in [5.74, 6) is -0.605. The van der Waals surface area contributed by atoms with Crippen LogP contribution in [-0.4, -0.2) is 6.61 Å². The summed E-state index contributed by atoms with van der Waals surface area (Å²) in [7, 11) is 0. The fourth-order valence-corrected chi connectivity index (χ4v) is 3.70. The van der Waals surface area contributed by atoms with Gasteiger partial charge in [0.15, 0.2) is 11.6 Å². The summed E-state index contributed by atoms with van der Waals surface area (Å²) in [6, 6.07) is 19.0. The van der Waals surface area contributed by atoms with Crippen LogP contribution in [-0.2, 0) is 6.42 Å². The molecule has 0 fully saturated rings. The van der Waals surface area contributed by atoms with Crippen LogP contribution in [0.2, 0.25) is 0 Å². The lowest BCUT2D eigenvalue weighted by Gasteiger charge is -2.10. The molecule has 0 amide bonds. The van der Waals surface area contributed by atoms with E-state index in [1.807, 2.05) is 48.5 Å². The Balaban J connectivity index is 1.69. The fourth-order valence-electron chi connectivity index (χ4n) is 3.70. The minimum Gasteiger partial charge on any atom is -0.494 e. The highest BCUT2D eigenvalue weighted by atomic mass is 19.2. The van der Waals surface area contributed by atoms with Crippen molar-refractivity contribution in [1.82, 2.24) is 0 Å². The normalized spacial score (nSPS) is 11.0. The van der Waals surface area contributed by atoms with Gasteiger partial charge < -0.3 is 4.74 Å². The van der Waals surface area contributed by atoms with Crippen LogP contribution < -0.4 is 4.74 Å².